The summed E-state index contributed by atoms with van der Waals surface area (Å²) in [6.07, 6.45) is 1.39. The third kappa shape index (κ3) is 3.72. The molecule has 0 N–H and O–H groups in total. The predicted octanol–water partition coefficient (Wildman–Crippen LogP) is 2.91. The maximum Gasteiger partial charge on any atom is 0.232 e. The zero-order chi connectivity index (χ0) is 18.8. The van der Waals surface area contributed by atoms with Crippen molar-refractivity contribution in [2.24, 2.45) is 0 Å². The first-order valence-corrected chi connectivity index (χ1v) is 9.12. The Morgan fingerprint density at radius 2 is 1.89 bits per heavy atom. The minimum absolute atomic E-state index is 0.0907. The molecule has 3 heterocycles. The van der Waals surface area contributed by atoms with Crippen molar-refractivity contribution in [3.05, 3.63) is 59.1 Å². The topological polar surface area (TPSA) is 85.0 Å². The highest BCUT2D eigenvalue weighted by Crippen LogP contribution is 2.29. The second-order valence-corrected chi connectivity index (χ2v) is 6.86. The van der Waals surface area contributed by atoms with Crippen LogP contribution in [-0.2, 0) is 17.8 Å². The average molecular weight is 363 g/mol. The van der Waals surface area contributed by atoms with E-state index in [1.165, 1.54) is 5.56 Å². The number of rotatable bonds is 5. The highest BCUT2D eigenvalue weighted by Gasteiger charge is 2.34. The number of carbonyl (C=O) groups is 1. The van der Waals surface area contributed by atoms with Crippen molar-refractivity contribution in [2.45, 2.75) is 39.2 Å². The van der Waals surface area contributed by atoms with Gasteiger partial charge in [0, 0.05) is 19.5 Å². The van der Waals surface area contributed by atoms with Crippen LogP contribution in [0, 0.1) is 6.92 Å². The van der Waals surface area contributed by atoms with Crippen LogP contribution >= 0.6 is 0 Å². The van der Waals surface area contributed by atoms with Crippen molar-refractivity contribution >= 4 is 5.91 Å². The third-order valence-corrected chi connectivity index (χ3v) is 4.84. The third-order valence-electron chi connectivity index (χ3n) is 4.84. The average Bonchev–Trinajstić information content (AvgIpc) is 3.30. The van der Waals surface area contributed by atoms with Crippen LogP contribution in [0.3, 0.4) is 0 Å². The molecule has 1 saturated heterocycles. The monoisotopic (exact) mass is 363 g/mol. The molecule has 1 aromatic carbocycles. The minimum atomic E-state index is -0.0907. The summed E-state index contributed by atoms with van der Waals surface area (Å²) in [5, 5.41) is 12.1. The van der Waals surface area contributed by atoms with Gasteiger partial charge in [0.15, 0.2) is 0 Å². The summed E-state index contributed by atoms with van der Waals surface area (Å²) in [6.45, 7) is 5.18. The first-order valence-electron chi connectivity index (χ1n) is 9.12. The molecule has 0 spiro atoms. The van der Waals surface area contributed by atoms with Gasteiger partial charge in [-0.15, -0.1) is 5.10 Å². The van der Waals surface area contributed by atoms with Crippen molar-refractivity contribution in [3.8, 4) is 11.5 Å². The Hall–Kier alpha value is -3.09. The molecule has 1 aliphatic heterocycles. The molecule has 7 heteroatoms. The predicted molar refractivity (Wildman–Crippen MR) is 98.7 cm³/mol. The highest BCUT2D eigenvalue weighted by atomic mass is 16.5. The van der Waals surface area contributed by atoms with Crippen LogP contribution in [-0.4, -0.2) is 37.7 Å². The van der Waals surface area contributed by atoms with Crippen molar-refractivity contribution in [2.75, 3.05) is 6.54 Å². The van der Waals surface area contributed by atoms with Gasteiger partial charge in [-0.05, 0) is 36.6 Å². The molecule has 0 radical (unpaired) electrons. The lowest BCUT2D eigenvalue weighted by atomic mass is 10.1. The molecule has 7 nitrogen and oxygen atoms in total. The standard InChI is InChI=1S/C20H21N5O2/c1-3-14-5-7-15(8-6-14)11-25-12-16(10-18(25)26)20-21-19(24-27-20)17-9-4-13(2)22-23-17/h4-9,16H,3,10-12H2,1-2H3/t16-/m0/s1. The second-order valence-electron chi connectivity index (χ2n) is 6.86. The minimum Gasteiger partial charge on any atom is -0.339 e. The largest absolute Gasteiger partial charge is 0.339 e. The second kappa shape index (κ2) is 7.26. The summed E-state index contributed by atoms with van der Waals surface area (Å²) < 4.78 is 5.40. The zero-order valence-corrected chi connectivity index (χ0v) is 15.4. The Balaban J connectivity index is 1.45. The number of aromatic nitrogens is 4. The fraction of sp³-hybridized carbons (Fsp3) is 0.350. The highest BCUT2D eigenvalue weighted by molar-refractivity contribution is 5.79. The Morgan fingerprint density at radius 1 is 1.11 bits per heavy atom. The Labute approximate surface area is 157 Å². The van der Waals surface area contributed by atoms with Crippen LogP contribution in [0.2, 0.25) is 0 Å². The molecule has 0 aliphatic carbocycles. The lowest BCUT2D eigenvalue weighted by Gasteiger charge is -2.16. The summed E-state index contributed by atoms with van der Waals surface area (Å²) in [5.41, 5.74) is 3.81. The number of benzene rings is 1. The van der Waals surface area contributed by atoms with Gasteiger partial charge in [-0.25, -0.2) is 0 Å². The number of nitrogens with zero attached hydrogens (tertiary/aromatic N) is 5. The lowest BCUT2D eigenvalue weighted by molar-refractivity contribution is -0.128. The molecule has 4 rings (SSSR count). The SMILES string of the molecule is CCc1ccc(CN2C[C@@H](c3nc(-c4ccc(C)nn4)no3)CC2=O)cc1. The van der Waals surface area contributed by atoms with Crippen molar-refractivity contribution in [3.63, 3.8) is 0 Å². The van der Waals surface area contributed by atoms with E-state index in [-0.39, 0.29) is 11.8 Å². The molecule has 138 valence electrons. The molecule has 0 unspecified atom stereocenters. The molecule has 0 bridgehead atoms. The zero-order valence-electron chi connectivity index (χ0n) is 15.4. The fourth-order valence-electron chi connectivity index (χ4n) is 3.21. The van der Waals surface area contributed by atoms with Gasteiger partial charge in [0.05, 0.1) is 11.6 Å². The number of amides is 1. The molecular formula is C20H21N5O2. The Kier molecular flexibility index (Phi) is 4.66. The van der Waals surface area contributed by atoms with Gasteiger partial charge in [-0.3, -0.25) is 4.79 Å². The van der Waals surface area contributed by atoms with Crippen molar-refractivity contribution < 1.29 is 9.32 Å². The summed E-state index contributed by atoms with van der Waals surface area (Å²) in [7, 11) is 0. The van der Waals surface area contributed by atoms with Gasteiger partial charge in [-0.2, -0.15) is 10.1 Å². The smallest absolute Gasteiger partial charge is 0.232 e. The van der Waals surface area contributed by atoms with E-state index in [2.05, 4.69) is 51.5 Å². The molecule has 1 fully saturated rings. The normalized spacial score (nSPS) is 16.9. The maximum atomic E-state index is 12.4. The van der Waals surface area contributed by atoms with Gasteiger partial charge in [-0.1, -0.05) is 36.3 Å². The van der Waals surface area contributed by atoms with E-state index in [1.54, 1.807) is 0 Å². The van der Waals surface area contributed by atoms with E-state index < -0.39 is 0 Å². The van der Waals surface area contributed by atoms with Gasteiger partial charge < -0.3 is 9.42 Å². The fourth-order valence-corrected chi connectivity index (χ4v) is 3.21. The molecule has 0 saturated carbocycles. The molecule has 1 aliphatic rings. The number of hydrogen-bond donors (Lipinski definition) is 0. The van der Waals surface area contributed by atoms with Crippen LogP contribution in [0.15, 0.2) is 40.9 Å². The van der Waals surface area contributed by atoms with Crippen LogP contribution < -0.4 is 0 Å². The molecule has 3 aromatic rings. The number of hydrogen-bond acceptors (Lipinski definition) is 6. The van der Waals surface area contributed by atoms with Crippen molar-refractivity contribution in [1.29, 1.82) is 0 Å². The molecule has 1 amide bonds. The Morgan fingerprint density at radius 3 is 2.59 bits per heavy atom. The first kappa shape index (κ1) is 17.3. The maximum absolute atomic E-state index is 12.4. The van der Waals surface area contributed by atoms with Crippen LogP contribution in [0.1, 0.15) is 42.0 Å². The molecule has 2 aromatic heterocycles. The quantitative estimate of drug-likeness (QED) is 0.693. The van der Waals surface area contributed by atoms with E-state index >= 15 is 0 Å². The van der Waals surface area contributed by atoms with E-state index in [9.17, 15) is 4.79 Å². The van der Waals surface area contributed by atoms with Gasteiger partial charge in [0.1, 0.15) is 5.69 Å². The number of carbonyl (C=O) groups excluding carboxylic acids is 1. The summed E-state index contributed by atoms with van der Waals surface area (Å²) in [4.78, 5) is 18.7. The molecule has 1 atom stereocenters. The number of likely N-dealkylation sites (tertiary alicyclic amines) is 1. The van der Waals surface area contributed by atoms with E-state index in [0.29, 0.717) is 36.9 Å². The van der Waals surface area contributed by atoms with Gasteiger partial charge in [0.25, 0.3) is 0 Å². The van der Waals surface area contributed by atoms with Crippen LogP contribution in [0.5, 0.6) is 0 Å². The summed E-state index contributed by atoms with van der Waals surface area (Å²) >= 11 is 0. The van der Waals surface area contributed by atoms with Gasteiger partial charge >= 0.3 is 0 Å². The lowest BCUT2D eigenvalue weighted by Crippen LogP contribution is -2.24. The van der Waals surface area contributed by atoms with E-state index in [4.69, 9.17) is 4.52 Å². The van der Waals surface area contributed by atoms with Crippen LogP contribution in [0.25, 0.3) is 11.5 Å². The van der Waals surface area contributed by atoms with Gasteiger partial charge in [0.2, 0.25) is 17.6 Å². The van der Waals surface area contributed by atoms with E-state index in [0.717, 1.165) is 17.7 Å². The Bertz CT molecular complexity index is 934. The number of aryl methyl sites for hydroxylation is 2. The molecular weight excluding hydrogens is 342 g/mol. The summed E-state index contributed by atoms with van der Waals surface area (Å²) in [6, 6.07) is 12.0. The summed E-state index contributed by atoms with van der Waals surface area (Å²) in [5.74, 6) is 0.893. The van der Waals surface area contributed by atoms with E-state index in [1.807, 2.05) is 24.0 Å². The van der Waals surface area contributed by atoms with Crippen molar-refractivity contribution in [1.82, 2.24) is 25.2 Å². The van der Waals surface area contributed by atoms with Crippen LogP contribution in [0.4, 0.5) is 0 Å². The first-order chi connectivity index (χ1) is 13.1. The molecule has 27 heavy (non-hydrogen) atoms.